The summed E-state index contributed by atoms with van der Waals surface area (Å²) in [6.07, 6.45) is 4.57. The summed E-state index contributed by atoms with van der Waals surface area (Å²) in [7, 11) is 0. The summed E-state index contributed by atoms with van der Waals surface area (Å²) in [6, 6.07) is 14.9. The van der Waals surface area contributed by atoms with Crippen molar-refractivity contribution in [3.05, 3.63) is 59.8 Å². The van der Waals surface area contributed by atoms with Crippen molar-refractivity contribution in [3.8, 4) is 0 Å². The van der Waals surface area contributed by atoms with Gasteiger partial charge in [0.05, 0.1) is 5.69 Å². The average molecular weight is 349 g/mol. The Bertz CT molecular complexity index is 883. The Labute approximate surface area is 152 Å². The van der Waals surface area contributed by atoms with Crippen LogP contribution in [0.5, 0.6) is 0 Å². The monoisotopic (exact) mass is 349 g/mol. The SMILES string of the molecule is O=C(Nc1ccc2c(CCC3CCNCC3)noc2c1)c1ccccc1. The molecule has 1 aliphatic heterocycles. The van der Waals surface area contributed by atoms with Gasteiger partial charge in [0.15, 0.2) is 5.58 Å². The zero-order chi connectivity index (χ0) is 17.8. The van der Waals surface area contributed by atoms with Gasteiger partial charge in [-0.3, -0.25) is 4.79 Å². The smallest absolute Gasteiger partial charge is 0.255 e. The standard InChI is InChI=1S/C21H23N3O2/c25-21(16-4-2-1-3-5-16)23-17-7-8-18-19(24-26-20(18)14-17)9-6-15-10-12-22-13-11-15/h1-5,7-8,14-15,22H,6,9-13H2,(H,23,25). The molecule has 2 aromatic carbocycles. The Balaban J connectivity index is 1.44. The summed E-state index contributed by atoms with van der Waals surface area (Å²) < 4.78 is 5.50. The molecule has 1 aromatic heterocycles. The van der Waals surface area contributed by atoms with Crippen molar-refractivity contribution in [2.24, 2.45) is 5.92 Å². The first-order chi connectivity index (χ1) is 12.8. The molecule has 5 nitrogen and oxygen atoms in total. The van der Waals surface area contributed by atoms with Crippen LogP contribution in [0.4, 0.5) is 5.69 Å². The van der Waals surface area contributed by atoms with Crippen LogP contribution in [0.1, 0.15) is 35.3 Å². The number of anilines is 1. The predicted molar refractivity (Wildman–Crippen MR) is 102 cm³/mol. The quantitative estimate of drug-likeness (QED) is 0.730. The lowest BCUT2D eigenvalue weighted by atomic mass is 9.92. The normalized spacial score (nSPS) is 15.2. The van der Waals surface area contributed by atoms with E-state index in [1.54, 1.807) is 12.1 Å². The van der Waals surface area contributed by atoms with Crippen LogP contribution in [0.25, 0.3) is 11.0 Å². The number of piperidine rings is 1. The Morgan fingerprint density at radius 1 is 1.15 bits per heavy atom. The molecule has 4 rings (SSSR count). The fourth-order valence-corrected chi connectivity index (χ4v) is 3.55. The number of carbonyl (C=O) groups excluding carboxylic acids is 1. The molecule has 0 atom stereocenters. The van der Waals surface area contributed by atoms with Crippen molar-refractivity contribution in [2.75, 3.05) is 18.4 Å². The summed E-state index contributed by atoms with van der Waals surface area (Å²) in [6.45, 7) is 2.24. The van der Waals surface area contributed by atoms with E-state index in [0.717, 1.165) is 48.5 Å². The molecular formula is C21H23N3O2. The summed E-state index contributed by atoms with van der Waals surface area (Å²) in [5.74, 6) is 0.642. The topological polar surface area (TPSA) is 67.2 Å². The molecule has 3 aromatic rings. The molecule has 2 N–H and O–H groups in total. The van der Waals surface area contributed by atoms with E-state index in [1.165, 1.54) is 12.8 Å². The lowest BCUT2D eigenvalue weighted by molar-refractivity contribution is 0.102. The van der Waals surface area contributed by atoms with Crippen LogP contribution in [0.15, 0.2) is 53.1 Å². The second-order valence-electron chi connectivity index (χ2n) is 6.89. The third kappa shape index (κ3) is 3.78. The number of amides is 1. The predicted octanol–water partition coefficient (Wildman–Crippen LogP) is 4.01. The van der Waals surface area contributed by atoms with Crippen LogP contribution >= 0.6 is 0 Å². The molecule has 2 heterocycles. The minimum Gasteiger partial charge on any atom is -0.356 e. The number of benzene rings is 2. The van der Waals surface area contributed by atoms with Gasteiger partial charge >= 0.3 is 0 Å². The van der Waals surface area contributed by atoms with E-state index < -0.39 is 0 Å². The van der Waals surface area contributed by atoms with Crippen LogP contribution in [0, 0.1) is 5.92 Å². The Kier molecular flexibility index (Phi) is 4.97. The zero-order valence-corrected chi connectivity index (χ0v) is 14.7. The van der Waals surface area contributed by atoms with E-state index in [9.17, 15) is 4.79 Å². The molecule has 0 radical (unpaired) electrons. The van der Waals surface area contributed by atoms with Gasteiger partial charge in [-0.15, -0.1) is 0 Å². The second-order valence-corrected chi connectivity index (χ2v) is 6.89. The molecule has 0 unspecified atom stereocenters. The number of nitrogens with one attached hydrogen (secondary N) is 2. The van der Waals surface area contributed by atoms with Crippen molar-refractivity contribution in [1.29, 1.82) is 0 Å². The number of aromatic nitrogens is 1. The summed E-state index contributed by atoms with van der Waals surface area (Å²) in [5, 5.41) is 11.6. The Morgan fingerprint density at radius 3 is 2.77 bits per heavy atom. The van der Waals surface area contributed by atoms with Gasteiger partial charge in [0.2, 0.25) is 0 Å². The molecule has 0 aliphatic carbocycles. The van der Waals surface area contributed by atoms with E-state index >= 15 is 0 Å². The van der Waals surface area contributed by atoms with Crippen LogP contribution in [0.2, 0.25) is 0 Å². The van der Waals surface area contributed by atoms with Crippen LogP contribution in [0.3, 0.4) is 0 Å². The summed E-state index contributed by atoms with van der Waals surface area (Å²) in [4.78, 5) is 12.3. The van der Waals surface area contributed by atoms with E-state index in [-0.39, 0.29) is 5.91 Å². The van der Waals surface area contributed by atoms with Crippen molar-refractivity contribution in [3.63, 3.8) is 0 Å². The van der Waals surface area contributed by atoms with Crippen molar-refractivity contribution in [1.82, 2.24) is 10.5 Å². The number of hydrogen-bond acceptors (Lipinski definition) is 4. The lowest BCUT2D eigenvalue weighted by Gasteiger charge is -2.21. The molecule has 5 heteroatoms. The van der Waals surface area contributed by atoms with E-state index in [1.807, 2.05) is 36.4 Å². The maximum Gasteiger partial charge on any atom is 0.255 e. The van der Waals surface area contributed by atoms with Gasteiger partial charge in [-0.25, -0.2) is 0 Å². The zero-order valence-electron chi connectivity index (χ0n) is 14.7. The minimum absolute atomic E-state index is 0.129. The van der Waals surface area contributed by atoms with Gasteiger partial charge < -0.3 is 15.2 Å². The third-order valence-corrected chi connectivity index (χ3v) is 5.09. The largest absolute Gasteiger partial charge is 0.356 e. The fraction of sp³-hybridized carbons (Fsp3) is 0.333. The highest BCUT2D eigenvalue weighted by atomic mass is 16.5. The molecule has 1 fully saturated rings. The summed E-state index contributed by atoms with van der Waals surface area (Å²) >= 11 is 0. The van der Waals surface area contributed by atoms with Crippen molar-refractivity contribution < 1.29 is 9.32 Å². The molecule has 0 saturated carbocycles. The van der Waals surface area contributed by atoms with Crippen LogP contribution in [-0.4, -0.2) is 24.2 Å². The van der Waals surface area contributed by atoms with Gasteiger partial charge in [-0.2, -0.15) is 0 Å². The number of nitrogens with zero attached hydrogens (tertiary/aromatic N) is 1. The number of rotatable bonds is 5. The highest BCUT2D eigenvalue weighted by molar-refractivity contribution is 6.05. The van der Waals surface area contributed by atoms with E-state index in [2.05, 4.69) is 15.8 Å². The molecule has 26 heavy (non-hydrogen) atoms. The molecule has 1 aliphatic rings. The number of fused-ring (bicyclic) bond motifs is 1. The van der Waals surface area contributed by atoms with Crippen LogP contribution in [-0.2, 0) is 6.42 Å². The van der Waals surface area contributed by atoms with Gasteiger partial charge in [0.25, 0.3) is 5.91 Å². The minimum atomic E-state index is -0.129. The van der Waals surface area contributed by atoms with Crippen LogP contribution < -0.4 is 10.6 Å². The fourth-order valence-electron chi connectivity index (χ4n) is 3.55. The Morgan fingerprint density at radius 2 is 1.96 bits per heavy atom. The molecule has 134 valence electrons. The highest BCUT2D eigenvalue weighted by Gasteiger charge is 2.16. The number of hydrogen-bond donors (Lipinski definition) is 2. The van der Waals surface area contributed by atoms with Gasteiger partial charge in [-0.1, -0.05) is 23.4 Å². The molecule has 1 saturated heterocycles. The van der Waals surface area contributed by atoms with Crippen molar-refractivity contribution >= 4 is 22.6 Å². The van der Waals surface area contributed by atoms with E-state index in [0.29, 0.717) is 11.3 Å². The number of carbonyl (C=O) groups is 1. The molecule has 0 bridgehead atoms. The first-order valence-electron chi connectivity index (χ1n) is 9.25. The molecule has 0 spiro atoms. The molecular weight excluding hydrogens is 326 g/mol. The van der Waals surface area contributed by atoms with Crippen molar-refractivity contribution in [2.45, 2.75) is 25.7 Å². The van der Waals surface area contributed by atoms with Gasteiger partial charge in [0.1, 0.15) is 0 Å². The molecule has 1 amide bonds. The third-order valence-electron chi connectivity index (χ3n) is 5.09. The maximum atomic E-state index is 12.3. The maximum absolute atomic E-state index is 12.3. The summed E-state index contributed by atoms with van der Waals surface area (Å²) in [5.41, 5.74) is 3.08. The lowest BCUT2D eigenvalue weighted by Crippen LogP contribution is -2.27. The van der Waals surface area contributed by atoms with Gasteiger partial charge in [0, 0.05) is 22.7 Å². The van der Waals surface area contributed by atoms with E-state index in [4.69, 9.17) is 4.52 Å². The average Bonchev–Trinajstić information content (AvgIpc) is 3.10. The number of aryl methyl sites for hydroxylation is 1. The first kappa shape index (κ1) is 16.8. The highest BCUT2D eigenvalue weighted by Crippen LogP contribution is 2.26. The first-order valence-corrected chi connectivity index (χ1v) is 9.25. The Hall–Kier alpha value is -2.66. The van der Waals surface area contributed by atoms with Gasteiger partial charge in [-0.05, 0) is 69.0 Å². The second kappa shape index (κ2) is 7.70.